The van der Waals surface area contributed by atoms with Crippen LogP contribution in [0.3, 0.4) is 0 Å². The normalized spacial score (nSPS) is 17.1. The van der Waals surface area contributed by atoms with Gasteiger partial charge >= 0.3 is 0 Å². The Balaban J connectivity index is 2.44. The molecule has 0 aliphatic carbocycles. The summed E-state index contributed by atoms with van der Waals surface area (Å²) < 4.78 is 0. The van der Waals surface area contributed by atoms with E-state index in [9.17, 15) is 14.4 Å². The predicted molar refractivity (Wildman–Crippen MR) is 51.1 cm³/mol. The first-order valence-electron chi connectivity index (χ1n) is 4.11. The fourth-order valence-corrected chi connectivity index (χ4v) is 1.84. The molecule has 3 amide bonds. The zero-order valence-corrected chi connectivity index (χ0v) is 8.30. The van der Waals surface area contributed by atoms with Gasteiger partial charge in [-0.3, -0.25) is 24.7 Å². The van der Waals surface area contributed by atoms with E-state index in [2.05, 4.69) is 0 Å². The van der Waals surface area contributed by atoms with E-state index in [0.717, 1.165) is 16.7 Å². The summed E-state index contributed by atoms with van der Waals surface area (Å²) in [4.78, 5) is 34.3. The predicted octanol–water partition coefficient (Wildman–Crippen LogP) is -0.548. The minimum atomic E-state index is -0.388. The third-order valence-electron chi connectivity index (χ3n) is 1.79. The number of rotatable bonds is 3. The highest BCUT2D eigenvalue weighted by molar-refractivity contribution is 8.13. The molecule has 0 aromatic carbocycles. The maximum atomic E-state index is 11.2. The van der Waals surface area contributed by atoms with E-state index in [-0.39, 0.29) is 30.0 Å². The third kappa shape index (κ3) is 2.71. The van der Waals surface area contributed by atoms with E-state index < -0.39 is 0 Å². The van der Waals surface area contributed by atoms with Gasteiger partial charge in [-0.25, -0.2) is 5.84 Å². The molecule has 0 saturated carbocycles. The zero-order valence-electron chi connectivity index (χ0n) is 7.49. The van der Waals surface area contributed by atoms with Crippen LogP contribution in [-0.4, -0.2) is 34.3 Å². The number of thioether (sulfide) groups is 1. The van der Waals surface area contributed by atoms with Crippen molar-refractivity contribution in [2.45, 2.75) is 12.8 Å². The smallest absolute Gasteiger partial charge is 0.288 e. The lowest BCUT2D eigenvalue weighted by atomic mass is 10.3. The number of carbonyl (C=O) groups excluding carboxylic acids is 3. The van der Waals surface area contributed by atoms with E-state index in [1.54, 1.807) is 0 Å². The zero-order chi connectivity index (χ0) is 10.6. The molecule has 1 aliphatic rings. The first-order chi connectivity index (χ1) is 6.65. The molecule has 1 aliphatic heterocycles. The third-order valence-corrected chi connectivity index (χ3v) is 2.66. The van der Waals surface area contributed by atoms with Crippen LogP contribution in [0.1, 0.15) is 12.8 Å². The van der Waals surface area contributed by atoms with Crippen LogP contribution in [0.15, 0.2) is 0 Å². The molecule has 7 heteroatoms. The molecule has 6 nitrogen and oxygen atoms in total. The largest absolute Gasteiger partial charge is 0.294 e. The summed E-state index contributed by atoms with van der Waals surface area (Å²) in [6.07, 6.45) is 0.398. The van der Waals surface area contributed by atoms with Crippen LogP contribution in [-0.2, 0) is 9.59 Å². The number of hydrazine groups is 1. The maximum absolute atomic E-state index is 11.2. The molecular weight excluding hydrogens is 206 g/mol. The summed E-state index contributed by atoms with van der Waals surface area (Å²) in [7, 11) is 0. The highest BCUT2D eigenvalue weighted by Gasteiger charge is 2.26. The van der Waals surface area contributed by atoms with E-state index in [0.29, 0.717) is 12.2 Å². The van der Waals surface area contributed by atoms with Crippen molar-refractivity contribution in [2.24, 2.45) is 5.84 Å². The van der Waals surface area contributed by atoms with Gasteiger partial charge in [-0.15, -0.1) is 0 Å². The lowest BCUT2D eigenvalue weighted by Crippen LogP contribution is -2.41. The highest BCUT2D eigenvalue weighted by Crippen LogP contribution is 2.18. The maximum Gasteiger partial charge on any atom is 0.288 e. The molecule has 0 aromatic rings. The lowest BCUT2D eigenvalue weighted by Gasteiger charge is -2.23. The van der Waals surface area contributed by atoms with E-state index >= 15 is 0 Å². The summed E-state index contributed by atoms with van der Waals surface area (Å²) in [5.41, 5.74) is 1.94. The van der Waals surface area contributed by atoms with Gasteiger partial charge in [0.15, 0.2) is 0 Å². The molecule has 1 rings (SSSR count). The second-order valence-corrected chi connectivity index (χ2v) is 3.77. The number of nitrogens with one attached hydrogen (secondary N) is 1. The molecule has 0 spiro atoms. The molecular formula is C7H11N3O3S. The van der Waals surface area contributed by atoms with Crippen molar-refractivity contribution in [3.63, 3.8) is 0 Å². The monoisotopic (exact) mass is 217 g/mol. The topological polar surface area (TPSA) is 92.5 Å². The van der Waals surface area contributed by atoms with Crippen molar-refractivity contribution in [1.82, 2.24) is 10.3 Å². The fraction of sp³-hybridized carbons (Fsp3) is 0.571. The highest BCUT2D eigenvalue weighted by atomic mass is 32.2. The van der Waals surface area contributed by atoms with Crippen LogP contribution < -0.4 is 11.3 Å². The Morgan fingerprint density at radius 2 is 2.29 bits per heavy atom. The minimum absolute atomic E-state index is 0.0501. The number of amides is 3. The number of hydrogen-bond donors (Lipinski definition) is 2. The van der Waals surface area contributed by atoms with Crippen molar-refractivity contribution in [3.8, 4) is 0 Å². The molecule has 0 atom stereocenters. The Kier molecular flexibility index (Phi) is 3.90. The Morgan fingerprint density at radius 3 is 2.86 bits per heavy atom. The fourth-order valence-electron chi connectivity index (χ4n) is 1.04. The van der Waals surface area contributed by atoms with Gasteiger partial charge in [-0.05, 0) is 0 Å². The summed E-state index contributed by atoms with van der Waals surface area (Å²) in [5, 5.41) is -0.286. The Bertz CT molecular complexity index is 253. The van der Waals surface area contributed by atoms with Crippen LogP contribution in [0.2, 0.25) is 0 Å². The van der Waals surface area contributed by atoms with Crippen molar-refractivity contribution in [3.05, 3.63) is 0 Å². The number of nitrogens with two attached hydrogens (primary N) is 1. The number of nitrogens with zero attached hydrogens (tertiary/aromatic N) is 1. The minimum Gasteiger partial charge on any atom is -0.294 e. The van der Waals surface area contributed by atoms with Crippen molar-refractivity contribution in [1.29, 1.82) is 0 Å². The molecule has 3 N–H and O–H groups in total. The lowest BCUT2D eigenvalue weighted by molar-refractivity contribution is -0.128. The van der Waals surface area contributed by atoms with Gasteiger partial charge in [-0.1, -0.05) is 11.8 Å². The van der Waals surface area contributed by atoms with Crippen LogP contribution in [0.4, 0.5) is 4.79 Å². The second kappa shape index (κ2) is 4.97. The second-order valence-electron chi connectivity index (χ2n) is 2.73. The first-order valence-corrected chi connectivity index (χ1v) is 5.10. The van der Waals surface area contributed by atoms with Crippen LogP contribution in [0, 0.1) is 0 Å². The van der Waals surface area contributed by atoms with E-state index in [1.807, 2.05) is 5.43 Å². The van der Waals surface area contributed by atoms with Gasteiger partial charge in [0, 0.05) is 25.1 Å². The SMILES string of the molecule is NNC(=O)CCN1C(=O)CCSC1=O. The van der Waals surface area contributed by atoms with E-state index in [4.69, 9.17) is 5.84 Å². The van der Waals surface area contributed by atoms with Gasteiger partial charge in [0.25, 0.3) is 5.24 Å². The molecule has 1 fully saturated rings. The average molecular weight is 217 g/mol. The van der Waals surface area contributed by atoms with Gasteiger partial charge in [0.2, 0.25) is 11.8 Å². The summed E-state index contributed by atoms with van der Waals surface area (Å²) in [5.74, 6) is 4.78. The molecule has 78 valence electrons. The van der Waals surface area contributed by atoms with Crippen molar-refractivity contribution < 1.29 is 14.4 Å². The van der Waals surface area contributed by atoms with Gasteiger partial charge in [0.1, 0.15) is 0 Å². The molecule has 0 radical (unpaired) electrons. The van der Waals surface area contributed by atoms with Crippen molar-refractivity contribution >= 4 is 28.8 Å². The molecule has 14 heavy (non-hydrogen) atoms. The molecule has 0 aromatic heterocycles. The number of carbonyl (C=O) groups is 3. The summed E-state index contributed by atoms with van der Waals surface area (Å²) in [6.45, 7) is 0.105. The van der Waals surface area contributed by atoms with Gasteiger partial charge < -0.3 is 0 Å². The number of imide groups is 1. The molecule has 0 bridgehead atoms. The van der Waals surface area contributed by atoms with Gasteiger partial charge in [-0.2, -0.15) is 0 Å². The van der Waals surface area contributed by atoms with Crippen LogP contribution in [0.25, 0.3) is 0 Å². The Labute approximate surface area is 85.2 Å². The Morgan fingerprint density at radius 1 is 1.57 bits per heavy atom. The average Bonchev–Trinajstić information content (AvgIpc) is 2.16. The summed E-state index contributed by atoms with van der Waals surface area (Å²) >= 11 is 1.09. The van der Waals surface area contributed by atoms with Gasteiger partial charge in [0.05, 0.1) is 0 Å². The van der Waals surface area contributed by atoms with Crippen LogP contribution >= 0.6 is 11.8 Å². The quantitative estimate of drug-likeness (QED) is 0.376. The molecule has 1 saturated heterocycles. The standard InChI is InChI=1S/C7H11N3O3S/c8-9-5(11)1-3-10-6(12)2-4-14-7(10)13/h1-4,8H2,(H,9,11). The molecule has 1 heterocycles. The van der Waals surface area contributed by atoms with Crippen molar-refractivity contribution in [2.75, 3.05) is 12.3 Å². The number of hydrogen-bond acceptors (Lipinski definition) is 5. The summed E-state index contributed by atoms with van der Waals surface area (Å²) in [6, 6.07) is 0. The Hall–Kier alpha value is -1.08. The first kappa shape index (κ1) is 11.0. The van der Waals surface area contributed by atoms with E-state index in [1.165, 1.54) is 0 Å². The van der Waals surface area contributed by atoms with Crippen LogP contribution in [0.5, 0.6) is 0 Å². The molecule has 0 unspecified atom stereocenters.